The van der Waals surface area contributed by atoms with E-state index in [2.05, 4.69) is 0 Å². The Morgan fingerprint density at radius 2 is 1.71 bits per heavy atom. The van der Waals surface area contributed by atoms with Crippen molar-refractivity contribution in [3.05, 3.63) is 35.9 Å². The minimum atomic E-state index is -0.202. The van der Waals surface area contributed by atoms with E-state index in [-0.39, 0.29) is 6.10 Å². The molecule has 2 aliphatic rings. The Morgan fingerprint density at radius 1 is 1.07 bits per heavy atom. The minimum Gasteiger partial charge on any atom is -0.388 e. The average Bonchev–Trinajstić information content (AvgIpc) is 2.72. The van der Waals surface area contributed by atoms with E-state index in [9.17, 15) is 5.11 Å². The Kier molecular flexibility index (Phi) is 1.88. The van der Waals surface area contributed by atoms with Crippen LogP contribution in [0.4, 0.5) is 0 Å². The van der Waals surface area contributed by atoms with Crippen LogP contribution in [0, 0.1) is 17.8 Å². The third-order valence-corrected chi connectivity index (χ3v) is 3.98. The number of hydrogen-bond donors (Lipinski definition) is 1. The molecule has 0 amide bonds. The Morgan fingerprint density at radius 3 is 2.36 bits per heavy atom. The lowest BCUT2D eigenvalue weighted by atomic mass is 10.00. The SMILES string of the molecule is OC(c1ccccc1)C1C2CCCC21. The highest BCUT2D eigenvalue weighted by molar-refractivity contribution is 5.21. The van der Waals surface area contributed by atoms with Gasteiger partial charge in [0.2, 0.25) is 0 Å². The summed E-state index contributed by atoms with van der Waals surface area (Å²) in [4.78, 5) is 0. The number of rotatable bonds is 2. The first kappa shape index (κ1) is 8.49. The van der Waals surface area contributed by atoms with Crippen LogP contribution in [0.1, 0.15) is 30.9 Å². The van der Waals surface area contributed by atoms with Gasteiger partial charge in [-0.1, -0.05) is 36.8 Å². The monoisotopic (exact) mass is 188 g/mol. The summed E-state index contributed by atoms with van der Waals surface area (Å²) in [6.07, 6.45) is 3.87. The summed E-state index contributed by atoms with van der Waals surface area (Å²) >= 11 is 0. The molecule has 1 aromatic rings. The molecule has 1 heteroatoms. The fraction of sp³-hybridized carbons (Fsp3) is 0.538. The van der Waals surface area contributed by atoms with Crippen molar-refractivity contribution in [1.29, 1.82) is 0 Å². The molecule has 3 unspecified atom stereocenters. The first-order valence-corrected chi connectivity index (χ1v) is 5.61. The second-order valence-corrected chi connectivity index (χ2v) is 4.69. The van der Waals surface area contributed by atoms with Gasteiger partial charge in [-0.25, -0.2) is 0 Å². The zero-order chi connectivity index (χ0) is 9.54. The van der Waals surface area contributed by atoms with Crippen LogP contribution in [-0.2, 0) is 0 Å². The van der Waals surface area contributed by atoms with Crippen LogP contribution in [0.2, 0.25) is 0 Å². The summed E-state index contributed by atoms with van der Waals surface area (Å²) in [5.41, 5.74) is 1.10. The summed E-state index contributed by atoms with van der Waals surface area (Å²) in [5, 5.41) is 10.2. The number of fused-ring (bicyclic) bond motifs is 1. The first-order valence-electron chi connectivity index (χ1n) is 5.61. The second-order valence-electron chi connectivity index (χ2n) is 4.69. The molecule has 74 valence electrons. The molecule has 0 saturated heterocycles. The van der Waals surface area contributed by atoms with Gasteiger partial charge in [0.25, 0.3) is 0 Å². The highest BCUT2D eigenvalue weighted by Gasteiger charge is 2.55. The van der Waals surface area contributed by atoms with Crippen molar-refractivity contribution in [2.24, 2.45) is 17.8 Å². The normalized spacial score (nSPS) is 36.5. The van der Waals surface area contributed by atoms with E-state index in [1.165, 1.54) is 19.3 Å². The number of benzene rings is 1. The Balaban J connectivity index is 1.75. The maximum Gasteiger partial charge on any atom is 0.0823 e. The van der Waals surface area contributed by atoms with Crippen molar-refractivity contribution in [2.75, 3.05) is 0 Å². The second kappa shape index (κ2) is 3.09. The predicted octanol–water partition coefficient (Wildman–Crippen LogP) is 2.77. The summed E-state index contributed by atoms with van der Waals surface area (Å²) in [6.45, 7) is 0. The van der Waals surface area contributed by atoms with Crippen LogP contribution >= 0.6 is 0 Å². The van der Waals surface area contributed by atoms with E-state index < -0.39 is 0 Å². The molecular weight excluding hydrogens is 172 g/mol. The molecule has 1 aromatic carbocycles. The van der Waals surface area contributed by atoms with E-state index in [4.69, 9.17) is 0 Å². The van der Waals surface area contributed by atoms with Crippen molar-refractivity contribution < 1.29 is 5.11 Å². The lowest BCUT2D eigenvalue weighted by Crippen LogP contribution is -2.03. The van der Waals surface area contributed by atoms with Crippen molar-refractivity contribution in [1.82, 2.24) is 0 Å². The third-order valence-electron chi connectivity index (χ3n) is 3.98. The Bertz CT molecular complexity index is 309. The third kappa shape index (κ3) is 1.19. The van der Waals surface area contributed by atoms with E-state index in [0.29, 0.717) is 5.92 Å². The van der Waals surface area contributed by atoms with Gasteiger partial charge in [-0.2, -0.15) is 0 Å². The summed E-state index contributed by atoms with van der Waals surface area (Å²) in [5.74, 6) is 2.25. The molecule has 2 aliphatic carbocycles. The van der Waals surface area contributed by atoms with Crippen molar-refractivity contribution >= 4 is 0 Å². The van der Waals surface area contributed by atoms with Gasteiger partial charge in [-0.3, -0.25) is 0 Å². The Labute approximate surface area is 84.8 Å². The topological polar surface area (TPSA) is 20.2 Å². The molecular formula is C13H16O. The summed E-state index contributed by atoms with van der Waals surface area (Å²) < 4.78 is 0. The maximum absolute atomic E-state index is 10.2. The van der Waals surface area contributed by atoms with Crippen LogP contribution in [0.25, 0.3) is 0 Å². The van der Waals surface area contributed by atoms with E-state index in [1.807, 2.05) is 30.3 Å². The molecule has 0 heterocycles. The standard InChI is InChI=1S/C13H16O/c14-13(9-5-2-1-3-6-9)12-10-7-4-8-11(10)12/h1-3,5-6,10-14H,4,7-8H2. The lowest BCUT2D eigenvalue weighted by Gasteiger charge is -2.12. The molecule has 0 aliphatic heterocycles. The predicted molar refractivity (Wildman–Crippen MR) is 55.7 cm³/mol. The smallest absolute Gasteiger partial charge is 0.0823 e. The zero-order valence-electron chi connectivity index (χ0n) is 8.26. The molecule has 0 aromatic heterocycles. The molecule has 14 heavy (non-hydrogen) atoms. The van der Waals surface area contributed by atoms with Gasteiger partial charge in [0, 0.05) is 0 Å². The van der Waals surface area contributed by atoms with Gasteiger partial charge >= 0.3 is 0 Å². The molecule has 1 nitrogen and oxygen atoms in total. The first-order chi connectivity index (χ1) is 6.88. The number of hydrogen-bond acceptors (Lipinski definition) is 1. The van der Waals surface area contributed by atoms with Crippen LogP contribution in [0.5, 0.6) is 0 Å². The highest BCUT2D eigenvalue weighted by atomic mass is 16.3. The van der Waals surface area contributed by atoms with E-state index in [0.717, 1.165) is 17.4 Å². The van der Waals surface area contributed by atoms with Crippen molar-refractivity contribution in [3.8, 4) is 0 Å². The minimum absolute atomic E-state index is 0.202. The largest absolute Gasteiger partial charge is 0.388 e. The fourth-order valence-corrected chi connectivity index (χ4v) is 3.22. The highest BCUT2D eigenvalue weighted by Crippen LogP contribution is 2.62. The van der Waals surface area contributed by atoms with E-state index >= 15 is 0 Å². The number of aliphatic hydroxyl groups is 1. The molecule has 0 bridgehead atoms. The van der Waals surface area contributed by atoms with Crippen LogP contribution in [-0.4, -0.2) is 5.11 Å². The summed E-state index contributed by atoms with van der Waals surface area (Å²) in [6, 6.07) is 10.1. The van der Waals surface area contributed by atoms with Crippen molar-refractivity contribution in [3.63, 3.8) is 0 Å². The van der Waals surface area contributed by atoms with Gasteiger partial charge in [0.1, 0.15) is 0 Å². The molecule has 3 atom stereocenters. The van der Waals surface area contributed by atoms with Gasteiger partial charge in [-0.15, -0.1) is 0 Å². The molecule has 2 saturated carbocycles. The van der Waals surface area contributed by atoms with Gasteiger partial charge < -0.3 is 5.11 Å². The lowest BCUT2D eigenvalue weighted by molar-refractivity contribution is 0.137. The van der Waals surface area contributed by atoms with Crippen LogP contribution in [0.3, 0.4) is 0 Å². The molecule has 0 spiro atoms. The average molecular weight is 188 g/mol. The zero-order valence-corrected chi connectivity index (χ0v) is 8.26. The molecule has 0 radical (unpaired) electrons. The number of aliphatic hydroxyl groups excluding tert-OH is 1. The van der Waals surface area contributed by atoms with Gasteiger partial charge in [-0.05, 0) is 36.2 Å². The molecule has 3 rings (SSSR count). The van der Waals surface area contributed by atoms with E-state index in [1.54, 1.807) is 0 Å². The Hall–Kier alpha value is -0.820. The maximum atomic E-state index is 10.2. The van der Waals surface area contributed by atoms with Gasteiger partial charge in [0.05, 0.1) is 6.10 Å². The van der Waals surface area contributed by atoms with Crippen molar-refractivity contribution in [2.45, 2.75) is 25.4 Å². The van der Waals surface area contributed by atoms with Crippen LogP contribution in [0.15, 0.2) is 30.3 Å². The fourth-order valence-electron chi connectivity index (χ4n) is 3.22. The van der Waals surface area contributed by atoms with Crippen LogP contribution < -0.4 is 0 Å². The quantitative estimate of drug-likeness (QED) is 0.756. The van der Waals surface area contributed by atoms with Gasteiger partial charge in [0.15, 0.2) is 0 Å². The summed E-state index contributed by atoms with van der Waals surface area (Å²) in [7, 11) is 0. The molecule has 2 fully saturated rings. The molecule has 1 N–H and O–H groups in total.